The van der Waals surface area contributed by atoms with E-state index in [-0.39, 0.29) is 16.9 Å². The Morgan fingerprint density at radius 3 is 2.73 bits per heavy atom. The third-order valence-electron chi connectivity index (χ3n) is 11.5. The summed E-state index contributed by atoms with van der Waals surface area (Å²) in [6.07, 6.45) is 14.3. The molecule has 1 N–H and O–H groups in total. The van der Waals surface area contributed by atoms with Crippen LogP contribution in [0.25, 0.3) is 0 Å². The summed E-state index contributed by atoms with van der Waals surface area (Å²) in [4.78, 5) is 15.8. The minimum absolute atomic E-state index is 0.0677. The second-order valence-corrected chi connectivity index (χ2v) is 12.6. The molecule has 0 aromatic rings. The van der Waals surface area contributed by atoms with Crippen LogP contribution in [0.5, 0.6) is 0 Å². The molecule has 6 rings (SSSR count). The molecular weight excluding hydrogens is 370 g/mol. The van der Waals surface area contributed by atoms with Crippen LogP contribution in [-0.2, 0) is 4.79 Å². The molecule has 11 atom stereocenters. The maximum atomic E-state index is 12.9. The predicted molar refractivity (Wildman–Crippen MR) is 119 cm³/mol. The Hall–Kier alpha value is -0.670. The zero-order valence-corrected chi connectivity index (χ0v) is 19.2. The summed E-state index contributed by atoms with van der Waals surface area (Å²) in [5.74, 6) is 4.03. The first kappa shape index (κ1) is 20.0. The van der Waals surface area contributed by atoms with Gasteiger partial charge in [0.05, 0.1) is 6.10 Å². The van der Waals surface area contributed by atoms with E-state index in [1.165, 1.54) is 44.1 Å². The van der Waals surface area contributed by atoms with E-state index in [1.54, 1.807) is 0 Å². The molecule has 2 heterocycles. The molecule has 30 heavy (non-hydrogen) atoms. The Morgan fingerprint density at radius 1 is 1.10 bits per heavy atom. The first-order chi connectivity index (χ1) is 14.4. The zero-order valence-electron chi connectivity index (χ0n) is 19.2. The monoisotopic (exact) mass is 411 g/mol. The molecule has 0 radical (unpaired) electrons. The zero-order chi connectivity index (χ0) is 20.8. The highest BCUT2D eigenvalue weighted by atomic mass is 16.3. The first-order valence-electron chi connectivity index (χ1n) is 13.0. The number of nitrogens with zero attached hydrogens (tertiary/aromatic N) is 1. The molecule has 0 spiro atoms. The van der Waals surface area contributed by atoms with Gasteiger partial charge in [-0.05, 0) is 98.7 Å². The molecule has 4 aliphatic carbocycles. The number of aliphatic hydroxyl groups is 1. The summed E-state index contributed by atoms with van der Waals surface area (Å²) in [6, 6.07) is 1.37. The average molecular weight is 412 g/mol. The molecule has 3 saturated carbocycles. The second-order valence-electron chi connectivity index (χ2n) is 12.6. The van der Waals surface area contributed by atoms with Gasteiger partial charge >= 0.3 is 0 Å². The number of carbonyl (C=O) groups excluding carboxylic acids is 1. The van der Waals surface area contributed by atoms with Crippen LogP contribution in [0, 0.1) is 46.3 Å². The highest BCUT2D eigenvalue weighted by Crippen LogP contribution is 2.69. The summed E-state index contributed by atoms with van der Waals surface area (Å²) >= 11 is 0. The summed E-state index contributed by atoms with van der Waals surface area (Å²) < 4.78 is 0. The fraction of sp³-hybridized carbons (Fsp3) is 0.889. The average Bonchev–Trinajstić information content (AvgIpc) is 3.22. The van der Waals surface area contributed by atoms with E-state index >= 15 is 0 Å². The van der Waals surface area contributed by atoms with Crippen LogP contribution in [0.1, 0.15) is 78.6 Å². The molecule has 3 nitrogen and oxygen atoms in total. The van der Waals surface area contributed by atoms with E-state index in [9.17, 15) is 9.90 Å². The lowest BCUT2D eigenvalue weighted by molar-refractivity contribution is -0.131. The van der Waals surface area contributed by atoms with Gasteiger partial charge in [-0.2, -0.15) is 0 Å². The molecule has 2 aliphatic heterocycles. The predicted octanol–water partition coefficient (Wildman–Crippen LogP) is 4.83. The number of aliphatic hydroxyl groups excluding tert-OH is 1. The van der Waals surface area contributed by atoms with Crippen LogP contribution >= 0.6 is 0 Å². The van der Waals surface area contributed by atoms with E-state index < -0.39 is 0 Å². The van der Waals surface area contributed by atoms with Crippen LogP contribution in [-0.4, -0.2) is 41.0 Å². The number of allylic oxidation sites excluding steroid dienone is 1. The Labute approximate surface area is 182 Å². The lowest BCUT2D eigenvalue weighted by atomic mass is 9.46. The summed E-state index contributed by atoms with van der Waals surface area (Å²) in [7, 11) is 0. The van der Waals surface area contributed by atoms with E-state index in [2.05, 4.69) is 31.7 Å². The maximum Gasteiger partial charge on any atom is 0.126 e. The number of rotatable bonds is 1. The van der Waals surface area contributed by atoms with E-state index in [0.717, 1.165) is 44.1 Å². The highest BCUT2D eigenvalue weighted by molar-refractivity contribution is 5.63. The van der Waals surface area contributed by atoms with Crippen molar-refractivity contribution in [3.05, 3.63) is 11.6 Å². The Bertz CT molecular complexity index is 762. The molecule has 0 aromatic heterocycles. The van der Waals surface area contributed by atoms with Crippen LogP contribution in [0.15, 0.2) is 11.6 Å². The van der Waals surface area contributed by atoms with Crippen molar-refractivity contribution in [1.82, 2.24) is 4.90 Å². The van der Waals surface area contributed by atoms with Crippen molar-refractivity contribution in [2.24, 2.45) is 46.3 Å². The largest absolute Gasteiger partial charge is 0.393 e. The Morgan fingerprint density at radius 2 is 1.93 bits per heavy atom. The van der Waals surface area contributed by atoms with Gasteiger partial charge in [0.15, 0.2) is 0 Å². The topological polar surface area (TPSA) is 40.5 Å². The van der Waals surface area contributed by atoms with Crippen LogP contribution < -0.4 is 0 Å². The molecule has 0 bridgehead atoms. The number of aldehydes is 1. The van der Waals surface area contributed by atoms with Crippen LogP contribution in [0.3, 0.4) is 0 Å². The molecule has 5 fully saturated rings. The molecule has 0 amide bonds. The minimum atomic E-state index is -0.136. The smallest absolute Gasteiger partial charge is 0.126 e. The summed E-state index contributed by atoms with van der Waals surface area (Å²) in [5, 5.41) is 10.3. The Balaban J connectivity index is 1.36. The number of fused-ring (bicyclic) bond motifs is 9. The quantitative estimate of drug-likeness (QED) is 0.496. The van der Waals surface area contributed by atoms with E-state index in [0.29, 0.717) is 35.6 Å². The molecular formula is C27H41NO2. The highest BCUT2D eigenvalue weighted by Gasteiger charge is 2.68. The van der Waals surface area contributed by atoms with Crippen molar-refractivity contribution >= 4 is 6.29 Å². The van der Waals surface area contributed by atoms with Crippen LogP contribution in [0.2, 0.25) is 0 Å². The van der Waals surface area contributed by atoms with E-state index in [1.807, 2.05) is 0 Å². The number of piperidine rings is 1. The number of hydrogen-bond acceptors (Lipinski definition) is 3. The van der Waals surface area contributed by atoms with E-state index in [4.69, 9.17) is 0 Å². The summed E-state index contributed by atoms with van der Waals surface area (Å²) in [6.45, 7) is 8.66. The van der Waals surface area contributed by atoms with Gasteiger partial charge in [0, 0.05) is 24.0 Å². The molecule has 2 saturated heterocycles. The molecule has 3 heteroatoms. The van der Waals surface area contributed by atoms with Gasteiger partial charge in [-0.25, -0.2) is 0 Å². The lowest BCUT2D eigenvalue weighted by Crippen LogP contribution is -2.52. The third kappa shape index (κ3) is 2.43. The maximum absolute atomic E-state index is 12.9. The third-order valence-corrected chi connectivity index (χ3v) is 11.5. The van der Waals surface area contributed by atoms with Crippen molar-refractivity contribution in [3.8, 4) is 0 Å². The number of carbonyl (C=O) groups is 1. The van der Waals surface area contributed by atoms with Crippen molar-refractivity contribution in [2.75, 3.05) is 6.54 Å². The fourth-order valence-corrected chi connectivity index (χ4v) is 10.2. The Kier molecular flexibility index (Phi) is 4.44. The van der Waals surface area contributed by atoms with Crippen LogP contribution in [0.4, 0.5) is 0 Å². The van der Waals surface area contributed by atoms with Crippen molar-refractivity contribution in [1.29, 1.82) is 0 Å². The SMILES string of the molecule is C[C@@H]1CC[C@H]2[C@H](C)[C@H]3[C@H](C[C@H]4[C@@H]5CC=C6C[C@@H](O)CC[C@]6(C)[C@H]5CC[C@]34C=O)N2C1. The fourth-order valence-electron chi connectivity index (χ4n) is 10.2. The van der Waals surface area contributed by atoms with Gasteiger partial charge < -0.3 is 9.90 Å². The molecule has 0 aromatic carbocycles. The van der Waals surface area contributed by atoms with Gasteiger partial charge in [-0.3, -0.25) is 4.90 Å². The lowest BCUT2D eigenvalue weighted by Gasteiger charge is -2.57. The van der Waals surface area contributed by atoms with Gasteiger partial charge in [-0.1, -0.05) is 32.4 Å². The number of hydrogen-bond donors (Lipinski definition) is 1. The van der Waals surface area contributed by atoms with Crippen molar-refractivity contribution in [2.45, 2.75) is 96.7 Å². The standard InChI is InChI=1S/C27H41NO2/c1-16-4-7-23-17(2)25-24(28(23)14-16)13-22-20-6-5-18-12-19(30)8-10-26(18,3)21(20)9-11-27(22,25)15-29/h5,15-17,19-25,30H,4,6-14H2,1-3H3/t16-,17+,19+,20-,21+,22+,23+,24+,25+,26+,27-/m1/s1. The molecule has 6 aliphatic rings. The first-order valence-corrected chi connectivity index (χ1v) is 13.0. The normalized spacial score (nSPS) is 57.5. The minimum Gasteiger partial charge on any atom is -0.393 e. The van der Waals surface area contributed by atoms with Gasteiger partial charge in [0.1, 0.15) is 6.29 Å². The summed E-state index contributed by atoms with van der Waals surface area (Å²) in [5.41, 5.74) is 1.74. The second kappa shape index (κ2) is 6.67. The van der Waals surface area contributed by atoms with Gasteiger partial charge in [0.2, 0.25) is 0 Å². The van der Waals surface area contributed by atoms with Gasteiger partial charge in [0.25, 0.3) is 0 Å². The molecule has 0 unspecified atom stereocenters. The van der Waals surface area contributed by atoms with Crippen molar-refractivity contribution in [3.63, 3.8) is 0 Å². The van der Waals surface area contributed by atoms with Gasteiger partial charge in [-0.15, -0.1) is 0 Å². The molecule has 166 valence electrons. The van der Waals surface area contributed by atoms with Crippen molar-refractivity contribution < 1.29 is 9.90 Å².